The van der Waals surface area contributed by atoms with Crippen LogP contribution >= 0.6 is 11.6 Å². The van der Waals surface area contributed by atoms with Crippen LogP contribution in [0.4, 0.5) is 11.4 Å². The number of hydrogen-bond donors (Lipinski definition) is 3. The number of nitrogens with one attached hydrogen (secondary N) is 3. The van der Waals surface area contributed by atoms with Crippen LogP contribution in [0.5, 0.6) is 17.2 Å². The summed E-state index contributed by atoms with van der Waals surface area (Å²) in [5.74, 6) is 0.597. The number of sulfonamides is 1. The van der Waals surface area contributed by atoms with Crippen molar-refractivity contribution in [3.8, 4) is 17.2 Å². The van der Waals surface area contributed by atoms with E-state index in [1.807, 2.05) is 6.07 Å². The van der Waals surface area contributed by atoms with Crippen LogP contribution < -0.4 is 24.8 Å². The van der Waals surface area contributed by atoms with Gasteiger partial charge in [-0.15, -0.1) is 0 Å². The second kappa shape index (κ2) is 11.8. The third-order valence-electron chi connectivity index (χ3n) is 5.57. The van der Waals surface area contributed by atoms with Crippen LogP contribution in [0.25, 0.3) is 0 Å². The number of amides is 1. The van der Waals surface area contributed by atoms with Gasteiger partial charge >= 0.3 is 0 Å². The van der Waals surface area contributed by atoms with Crippen LogP contribution in [-0.4, -0.2) is 63.8 Å². The molecule has 0 saturated carbocycles. The van der Waals surface area contributed by atoms with E-state index in [0.717, 1.165) is 38.1 Å². The van der Waals surface area contributed by atoms with E-state index in [0.29, 0.717) is 28.8 Å². The van der Waals surface area contributed by atoms with E-state index in [1.165, 1.54) is 13.2 Å². The fourth-order valence-corrected chi connectivity index (χ4v) is 4.60. The normalized spacial score (nSPS) is 14.1. The molecule has 4 rings (SSSR count). The number of rotatable bonds is 9. The third kappa shape index (κ3) is 7.32. The van der Waals surface area contributed by atoms with Crippen LogP contribution in [0.15, 0.2) is 54.7 Å². The van der Waals surface area contributed by atoms with E-state index in [4.69, 9.17) is 21.1 Å². The van der Waals surface area contributed by atoms with Gasteiger partial charge in [0.05, 0.1) is 35.5 Å². The summed E-state index contributed by atoms with van der Waals surface area (Å²) in [7, 11) is -2.16. The number of piperazine rings is 1. The lowest BCUT2D eigenvalue weighted by Gasteiger charge is -2.26. The largest absolute Gasteiger partial charge is 0.492 e. The minimum Gasteiger partial charge on any atom is -0.492 e. The Kier molecular flexibility index (Phi) is 8.49. The minimum absolute atomic E-state index is 0.181. The molecule has 1 saturated heterocycles. The Hall–Kier alpha value is -3.38. The Labute approximate surface area is 221 Å². The lowest BCUT2D eigenvalue weighted by atomic mass is 10.2. The molecule has 0 bridgehead atoms. The zero-order valence-electron chi connectivity index (χ0n) is 20.5. The first-order valence-electron chi connectivity index (χ1n) is 11.5. The van der Waals surface area contributed by atoms with Crippen molar-refractivity contribution >= 4 is 38.9 Å². The molecule has 0 radical (unpaired) electrons. The highest BCUT2D eigenvalue weighted by molar-refractivity contribution is 7.92. The van der Waals surface area contributed by atoms with Gasteiger partial charge in [-0.3, -0.25) is 19.4 Å². The predicted molar refractivity (Wildman–Crippen MR) is 143 cm³/mol. The highest BCUT2D eigenvalue weighted by atomic mass is 35.5. The molecule has 1 aliphatic rings. The highest BCUT2D eigenvalue weighted by Gasteiger charge is 2.17. The van der Waals surface area contributed by atoms with Crippen molar-refractivity contribution < 1.29 is 22.7 Å². The number of pyridine rings is 1. The molecule has 0 unspecified atom stereocenters. The molecular weight excluding hydrogens is 518 g/mol. The van der Waals surface area contributed by atoms with Gasteiger partial charge in [-0.25, -0.2) is 8.42 Å². The zero-order valence-corrected chi connectivity index (χ0v) is 22.0. The molecule has 37 heavy (non-hydrogen) atoms. The summed E-state index contributed by atoms with van der Waals surface area (Å²) in [5, 5.41) is 6.42. The summed E-state index contributed by atoms with van der Waals surface area (Å²) in [6.45, 7) is 4.52. The van der Waals surface area contributed by atoms with Gasteiger partial charge in [-0.05, 0) is 36.4 Å². The summed E-state index contributed by atoms with van der Waals surface area (Å²) in [5.41, 5.74) is 1.67. The van der Waals surface area contributed by atoms with Crippen molar-refractivity contribution in [3.63, 3.8) is 0 Å². The second-order valence-corrected chi connectivity index (χ2v) is 10.6. The number of benzene rings is 2. The first-order chi connectivity index (χ1) is 17.7. The number of hydrogen-bond acceptors (Lipinski definition) is 8. The molecule has 3 aromatic rings. The van der Waals surface area contributed by atoms with Gasteiger partial charge in [-0.1, -0.05) is 17.7 Å². The average Bonchev–Trinajstić information content (AvgIpc) is 2.85. The molecular formula is C25H28ClN5O5S. The first-order valence-corrected chi connectivity index (χ1v) is 13.8. The van der Waals surface area contributed by atoms with Crippen LogP contribution in [0.1, 0.15) is 16.1 Å². The Morgan fingerprint density at radius 3 is 2.62 bits per heavy atom. The molecule has 1 aliphatic heterocycles. The minimum atomic E-state index is -3.54. The highest BCUT2D eigenvalue weighted by Crippen LogP contribution is 2.35. The molecule has 0 aliphatic carbocycles. The Balaban J connectivity index is 1.50. The summed E-state index contributed by atoms with van der Waals surface area (Å²) in [4.78, 5) is 19.8. The van der Waals surface area contributed by atoms with E-state index < -0.39 is 15.9 Å². The average molecular weight is 546 g/mol. The maximum Gasteiger partial charge on any atom is 0.255 e. The van der Waals surface area contributed by atoms with Gasteiger partial charge in [0, 0.05) is 50.6 Å². The van der Waals surface area contributed by atoms with E-state index >= 15 is 0 Å². The SMILES string of the molecule is COc1c(NC(=O)c2ccc(Cl)c(Oc3ccnc(CN4CCNCC4)c3)c2)cccc1NS(C)(=O)=O. The maximum atomic E-state index is 13.0. The van der Waals surface area contributed by atoms with Crippen LogP contribution in [-0.2, 0) is 16.6 Å². The van der Waals surface area contributed by atoms with E-state index in [-0.39, 0.29) is 17.0 Å². The lowest BCUT2D eigenvalue weighted by Crippen LogP contribution is -2.43. The number of ether oxygens (including phenoxy) is 2. The first kappa shape index (κ1) is 26.7. The Bertz CT molecular complexity index is 1380. The topological polar surface area (TPSA) is 122 Å². The molecule has 0 atom stereocenters. The third-order valence-corrected chi connectivity index (χ3v) is 6.47. The van der Waals surface area contributed by atoms with Crippen molar-refractivity contribution in [2.45, 2.75) is 6.54 Å². The summed E-state index contributed by atoms with van der Waals surface area (Å²) >= 11 is 6.36. The zero-order chi connectivity index (χ0) is 26.4. The summed E-state index contributed by atoms with van der Waals surface area (Å²) in [6, 6.07) is 13.0. The van der Waals surface area contributed by atoms with Crippen molar-refractivity contribution in [2.24, 2.45) is 0 Å². The van der Waals surface area contributed by atoms with Crippen molar-refractivity contribution in [1.29, 1.82) is 0 Å². The second-order valence-electron chi connectivity index (χ2n) is 8.47. The number of aromatic nitrogens is 1. The lowest BCUT2D eigenvalue weighted by molar-refractivity contribution is 0.102. The molecule has 10 nitrogen and oxygen atoms in total. The summed E-state index contributed by atoms with van der Waals surface area (Å²) < 4.78 is 37.1. The van der Waals surface area contributed by atoms with Gasteiger partial charge in [0.15, 0.2) is 5.75 Å². The molecule has 2 aromatic carbocycles. The quantitative estimate of drug-likeness (QED) is 0.373. The Morgan fingerprint density at radius 1 is 1.14 bits per heavy atom. The van der Waals surface area contributed by atoms with Crippen LogP contribution in [0.2, 0.25) is 5.02 Å². The number of para-hydroxylation sites is 1. The molecule has 2 heterocycles. The smallest absolute Gasteiger partial charge is 0.255 e. The number of halogens is 1. The van der Waals surface area contributed by atoms with E-state index in [9.17, 15) is 13.2 Å². The van der Waals surface area contributed by atoms with Gasteiger partial charge in [0.25, 0.3) is 5.91 Å². The van der Waals surface area contributed by atoms with Gasteiger partial charge < -0.3 is 20.1 Å². The molecule has 1 amide bonds. The molecule has 3 N–H and O–H groups in total. The Morgan fingerprint density at radius 2 is 1.89 bits per heavy atom. The molecule has 1 fully saturated rings. The van der Waals surface area contributed by atoms with Crippen molar-refractivity contribution in [3.05, 3.63) is 71.0 Å². The number of nitrogens with zero attached hydrogens (tertiary/aromatic N) is 2. The number of carbonyl (C=O) groups is 1. The van der Waals surface area contributed by atoms with Crippen molar-refractivity contribution in [1.82, 2.24) is 15.2 Å². The maximum absolute atomic E-state index is 13.0. The van der Waals surface area contributed by atoms with Gasteiger partial charge in [0.1, 0.15) is 11.5 Å². The predicted octanol–water partition coefficient (Wildman–Crippen LogP) is 3.56. The molecule has 196 valence electrons. The standard InChI is InChI=1S/C25H28ClN5O5S/c1-35-24-21(4-3-5-22(24)30-37(2,33)34)29-25(32)17-6-7-20(26)23(14-17)36-19-8-9-28-18(15-19)16-31-12-10-27-11-13-31/h3-9,14-15,27,30H,10-13,16H2,1-2H3,(H,29,32). The van der Waals surface area contributed by atoms with Crippen LogP contribution in [0, 0.1) is 0 Å². The number of anilines is 2. The van der Waals surface area contributed by atoms with E-state index in [1.54, 1.807) is 42.6 Å². The number of carbonyl (C=O) groups excluding carboxylic acids is 1. The summed E-state index contributed by atoms with van der Waals surface area (Å²) in [6.07, 6.45) is 2.71. The molecule has 0 spiro atoms. The van der Waals surface area contributed by atoms with Crippen LogP contribution in [0.3, 0.4) is 0 Å². The molecule has 12 heteroatoms. The van der Waals surface area contributed by atoms with E-state index in [2.05, 4.69) is 25.2 Å². The number of methoxy groups -OCH3 is 1. The van der Waals surface area contributed by atoms with Gasteiger partial charge in [0.2, 0.25) is 10.0 Å². The fraction of sp³-hybridized carbons (Fsp3) is 0.280. The van der Waals surface area contributed by atoms with Gasteiger partial charge in [-0.2, -0.15) is 0 Å². The van der Waals surface area contributed by atoms with Crippen molar-refractivity contribution in [2.75, 3.05) is 49.6 Å². The fourth-order valence-electron chi connectivity index (χ4n) is 3.88. The monoisotopic (exact) mass is 545 g/mol. The molecule has 1 aromatic heterocycles.